The number of rotatable bonds is 2. The molecule has 1 saturated carbocycles. The van der Waals surface area contributed by atoms with Gasteiger partial charge in [-0.05, 0) is 31.0 Å². The van der Waals surface area contributed by atoms with Crippen LogP contribution in [0.2, 0.25) is 0 Å². The molecule has 5 heteroatoms. The van der Waals surface area contributed by atoms with Crippen LogP contribution in [0.25, 0.3) is 22.8 Å². The van der Waals surface area contributed by atoms with Crippen molar-refractivity contribution in [2.75, 3.05) is 5.32 Å². The van der Waals surface area contributed by atoms with Crippen molar-refractivity contribution in [1.29, 1.82) is 0 Å². The summed E-state index contributed by atoms with van der Waals surface area (Å²) in [6.07, 6.45) is 6.37. The molecule has 0 amide bonds. The number of aromatic nitrogens is 2. The van der Waals surface area contributed by atoms with E-state index in [0.29, 0.717) is 18.1 Å². The summed E-state index contributed by atoms with van der Waals surface area (Å²) in [4.78, 5) is 17.4. The molecule has 2 aromatic carbocycles. The Morgan fingerprint density at radius 2 is 1.78 bits per heavy atom. The van der Waals surface area contributed by atoms with Gasteiger partial charge >= 0.3 is 0 Å². The number of hydrogen-bond donors (Lipinski definition) is 1. The number of nitrogens with one attached hydrogen (secondary N) is 1. The predicted molar refractivity (Wildman–Crippen MR) is 104 cm³/mol. The van der Waals surface area contributed by atoms with Crippen LogP contribution in [-0.2, 0) is 0 Å². The summed E-state index contributed by atoms with van der Waals surface area (Å²) in [7, 11) is 0. The highest BCUT2D eigenvalue weighted by molar-refractivity contribution is 6.05. The van der Waals surface area contributed by atoms with Crippen molar-refractivity contribution in [3.8, 4) is 22.8 Å². The van der Waals surface area contributed by atoms with E-state index in [-0.39, 0.29) is 11.3 Å². The average Bonchev–Trinajstić information content (AvgIpc) is 3.19. The number of benzene rings is 2. The van der Waals surface area contributed by atoms with E-state index in [9.17, 15) is 4.79 Å². The molecule has 1 aromatic heterocycles. The summed E-state index contributed by atoms with van der Waals surface area (Å²) >= 11 is 0. The highest BCUT2D eigenvalue weighted by Crippen LogP contribution is 2.41. The number of nitrogens with zero attached hydrogens (tertiary/aromatic N) is 2. The molecule has 0 bridgehead atoms. The molecule has 2 aliphatic rings. The first-order chi connectivity index (χ1) is 13.2. The topological polar surface area (TPSA) is 68.0 Å². The lowest BCUT2D eigenvalue weighted by molar-refractivity contribution is 0.0934. The smallest absolute Gasteiger partial charge is 0.258 e. The molecule has 136 valence electrons. The Balaban J connectivity index is 1.46. The summed E-state index contributed by atoms with van der Waals surface area (Å²) in [6.45, 7) is 0. The molecule has 1 N–H and O–H groups in total. The van der Waals surface area contributed by atoms with Gasteiger partial charge in [-0.15, -0.1) is 0 Å². The second-order valence-electron chi connectivity index (χ2n) is 7.62. The lowest BCUT2D eigenvalue weighted by atomic mass is 9.75. The van der Waals surface area contributed by atoms with Gasteiger partial charge in [-0.2, -0.15) is 4.98 Å². The monoisotopic (exact) mass is 359 g/mol. The summed E-state index contributed by atoms with van der Waals surface area (Å²) in [5.74, 6) is 1.19. The molecule has 1 aliphatic heterocycles. The van der Waals surface area contributed by atoms with Gasteiger partial charge in [-0.25, -0.2) is 0 Å². The van der Waals surface area contributed by atoms with E-state index in [2.05, 4.69) is 15.5 Å². The second-order valence-corrected chi connectivity index (χ2v) is 7.62. The third-order valence-corrected chi connectivity index (χ3v) is 5.73. The molecule has 3 aromatic rings. The van der Waals surface area contributed by atoms with Crippen LogP contribution in [0.3, 0.4) is 0 Å². The van der Waals surface area contributed by atoms with E-state index in [4.69, 9.17) is 4.52 Å². The number of fused-ring (bicyclic) bond motifs is 1. The molecule has 2 heterocycles. The Hall–Kier alpha value is -2.95. The largest absolute Gasteiger partial charge is 0.379 e. The van der Waals surface area contributed by atoms with Gasteiger partial charge in [0.1, 0.15) is 0 Å². The van der Waals surface area contributed by atoms with Gasteiger partial charge in [0.2, 0.25) is 5.82 Å². The first-order valence-corrected chi connectivity index (χ1v) is 9.57. The lowest BCUT2D eigenvalue weighted by Crippen LogP contribution is -2.45. The maximum Gasteiger partial charge on any atom is 0.258 e. The van der Waals surface area contributed by atoms with Gasteiger partial charge < -0.3 is 9.84 Å². The van der Waals surface area contributed by atoms with Crippen molar-refractivity contribution in [2.24, 2.45) is 0 Å². The first kappa shape index (κ1) is 16.2. The molecule has 27 heavy (non-hydrogen) atoms. The lowest BCUT2D eigenvalue weighted by Gasteiger charge is -2.42. The minimum Gasteiger partial charge on any atom is -0.379 e. The van der Waals surface area contributed by atoms with E-state index >= 15 is 0 Å². The molecule has 1 spiro atoms. The van der Waals surface area contributed by atoms with Crippen LogP contribution in [0.5, 0.6) is 0 Å². The zero-order valence-electron chi connectivity index (χ0n) is 15.1. The van der Waals surface area contributed by atoms with Crippen molar-refractivity contribution in [1.82, 2.24) is 10.1 Å². The first-order valence-electron chi connectivity index (χ1n) is 9.57. The van der Waals surface area contributed by atoms with Crippen molar-refractivity contribution < 1.29 is 9.32 Å². The van der Waals surface area contributed by atoms with Crippen LogP contribution in [0.4, 0.5) is 5.69 Å². The van der Waals surface area contributed by atoms with Crippen molar-refractivity contribution in [3.05, 3.63) is 54.1 Å². The SMILES string of the molecule is O=C1CC2(CCCCC2)Nc2ccc(-c3nc(-c4ccccc4)no3)cc21. The number of hydrogen-bond acceptors (Lipinski definition) is 5. The number of ketones is 1. The molecule has 0 saturated heterocycles. The maximum absolute atomic E-state index is 12.9. The van der Waals surface area contributed by atoms with Crippen molar-refractivity contribution in [2.45, 2.75) is 44.1 Å². The highest BCUT2D eigenvalue weighted by Gasteiger charge is 2.39. The Morgan fingerprint density at radius 1 is 0.963 bits per heavy atom. The van der Waals surface area contributed by atoms with E-state index < -0.39 is 0 Å². The minimum atomic E-state index is -0.0468. The molecule has 0 radical (unpaired) electrons. The molecule has 0 atom stereocenters. The Morgan fingerprint density at radius 3 is 2.59 bits per heavy atom. The normalized spacial score (nSPS) is 18.1. The zero-order chi connectivity index (χ0) is 18.3. The molecule has 5 nitrogen and oxygen atoms in total. The van der Waals surface area contributed by atoms with Gasteiger partial charge in [-0.3, -0.25) is 4.79 Å². The van der Waals surface area contributed by atoms with E-state index in [1.54, 1.807) is 0 Å². The summed E-state index contributed by atoms with van der Waals surface area (Å²) in [5, 5.41) is 7.74. The average molecular weight is 359 g/mol. The predicted octanol–water partition coefficient (Wildman–Crippen LogP) is 5.10. The summed E-state index contributed by atoms with van der Waals surface area (Å²) in [6, 6.07) is 15.5. The molecule has 0 unspecified atom stereocenters. The maximum atomic E-state index is 12.9. The third-order valence-electron chi connectivity index (χ3n) is 5.73. The molecule has 1 fully saturated rings. The van der Waals surface area contributed by atoms with Gasteiger partial charge in [0.15, 0.2) is 5.78 Å². The Labute approximate surface area is 157 Å². The van der Waals surface area contributed by atoms with E-state index in [1.807, 2.05) is 48.5 Å². The quantitative estimate of drug-likeness (QED) is 0.689. The van der Waals surface area contributed by atoms with Crippen LogP contribution in [0, 0.1) is 0 Å². The highest BCUT2D eigenvalue weighted by atomic mass is 16.5. The van der Waals surface area contributed by atoms with Gasteiger partial charge in [0.25, 0.3) is 5.89 Å². The van der Waals surface area contributed by atoms with Crippen LogP contribution in [0.15, 0.2) is 53.1 Å². The van der Waals surface area contributed by atoms with Gasteiger partial charge in [0, 0.05) is 34.3 Å². The van der Waals surface area contributed by atoms with E-state index in [1.165, 1.54) is 19.3 Å². The third kappa shape index (κ3) is 2.93. The zero-order valence-corrected chi connectivity index (χ0v) is 15.1. The Bertz CT molecular complexity index is 988. The molecular formula is C22H21N3O2. The van der Waals surface area contributed by atoms with Crippen LogP contribution < -0.4 is 5.32 Å². The Kier molecular flexibility index (Phi) is 3.81. The molecule has 5 rings (SSSR count). The van der Waals surface area contributed by atoms with Gasteiger partial charge in [0.05, 0.1) is 0 Å². The van der Waals surface area contributed by atoms with Crippen LogP contribution in [0.1, 0.15) is 48.9 Å². The van der Waals surface area contributed by atoms with Crippen LogP contribution in [-0.4, -0.2) is 21.5 Å². The van der Waals surface area contributed by atoms with Crippen molar-refractivity contribution >= 4 is 11.5 Å². The standard InChI is InChI=1S/C22H21N3O2/c26-19-14-22(11-5-2-6-12-22)24-18-10-9-16(13-17(18)19)21-23-20(25-27-21)15-7-3-1-4-8-15/h1,3-4,7-10,13,24H,2,5-6,11-12,14H2. The van der Waals surface area contributed by atoms with E-state index in [0.717, 1.165) is 35.2 Å². The molecule has 1 aliphatic carbocycles. The van der Waals surface area contributed by atoms with Gasteiger partial charge in [-0.1, -0.05) is 54.8 Å². The fourth-order valence-electron chi connectivity index (χ4n) is 4.32. The summed E-state index contributed by atoms with van der Waals surface area (Å²) in [5.41, 5.74) is 3.29. The fourth-order valence-corrected chi connectivity index (χ4v) is 4.32. The fraction of sp³-hybridized carbons (Fsp3) is 0.318. The second kappa shape index (κ2) is 6.34. The summed E-state index contributed by atoms with van der Waals surface area (Å²) < 4.78 is 5.45. The number of anilines is 1. The van der Waals surface area contributed by atoms with Crippen LogP contribution >= 0.6 is 0 Å². The number of carbonyl (C=O) groups excluding carboxylic acids is 1. The minimum absolute atomic E-state index is 0.0468. The van der Waals surface area contributed by atoms with Crippen molar-refractivity contribution in [3.63, 3.8) is 0 Å². The number of carbonyl (C=O) groups is 1. The number of Topliss-reactive ketones (excluding diaryl/α,β-unsaturated/α-hetero) is 1. The molecular weight excluding hydrogens is 338 g/mol.